The Balaban J connectivity index is 2.22. The number of benzene rings is 1. The Labute approximate surface area is 133 Å². The van der Waals surface area contributed by atoms with Crippen molar-refractivity contribution in [2.24, 2.45) is 5.92 Å². The van der Waals surface area contributed by atoms with Crippen LogP contribution in [0.25, 0.3) is 0 Å². The van der Waals surface area contributed by atoms with Gasteiger partial charge in [-0.05, 0) is 31.2 Å². The quantitative estimate of drug-likeness (QED) is 0.814. The molecule has 0 radical (unpaired) electrons. The molecule has 1 aromatic carbocycles. The lowest BCUT2D eigenvalue weighted by Crippen LogP contribution is -2.40. The first kappa shape index (κ1) is 16.5. The molecule has 1 aromatic rings. The fourth-order valence-electron chi connectivity index (χ4n) is 2.41. The molecular weight excluding hydrogens is 300 g/mol. The Morgan fingerprint density at radius 2 is 1.87 bits per heavy atom. The molecule has 2 N–H and O–H groups in total. The van der Waals surface area contributed by atoms with Crippen molar-refractivity contribution < 1.29 is 23.9 Å². The minimum atomic E-state index is -0.890. The molecule has 0 saturated heterocycles. The predicted molar refractivity (Wildman–Crippen MR) is 82.6 cm³/mol. The third-order valence-electron chi connectivity index (χ3n) is 3.55. The Morgan fingerprint density at radius 3 is 2.43 bits per heavy atom. The van der Waals surface area contributed by atoms with Gasteiger partial charge in [-0.1, -0.05) is 0 Å². The molecule has 7 heteroatoms. The summed E-state index contributed by atoms with van der Waals surface area (Å²) in [6.45, 7) is 1.57. The molecule has 0 saturated carbocycles. The van der Waals surface area contributed by atoms with E-state index < -0.39 is 17.8 Å². The molecule has 2 rings (SSSR count). The third kappa shape index (κ3) is 3.68. The van der Waals surface area contributed by atoms with Crippen molar-refractivity contribution in [2.75, 3.05) is 19.5 Å². The van der Waals surface area contributed by atoms with Crippen molar-refractivity contribution in [1.29, 1.82) is 0 Å². The van der Waals surface area contributed by atoms with Gasteiger partial charge in [0, 0.05) is 17.8 Å². The van der Waals surface area contributed by atoms with Crippen LogP contribution in [-0.2, 0) is 19.1 Å². The smallest absolute Gasteiger partial charge is 0.336 e. The average Bonchev–Trinajstić information content (AvgIpc) is 2.54. The van der Waals surface area contributed by atoms with Crippen LogP contribution >= 0.6 is 0 Å². The number of rotatable bonds is 4. The molecule has 0 aromatic heterocycles. The van der Waals surface area contributed by atoms with Crippen LogP contribution in [0.15, 0.2) is 35.5 Å². The zero-order valence-electron chi connectivity index (χ0n) is 13.1. The van der Waals surface area contributed by atoms with Crippen molar-refractivity contribution in [3.05, 3.63) is 35.5 Å². The second kappa shape index (κ2) is 6.95. The van der Waals surface area contributed by atoms with Gasteiger partial charge in [0.2, 0.25) is 11.8 Å². The Hall–Kier alpha value is -2.83. The van der Waals surface area contributed by atoms with E-state index in [-0.39, 0.29) is 17.9 Å². The minimum Gasteiger partial charge on any atom is -0.497 e. The van der Waals surface area contributed by atoms with Gasteiger partial charge in [0.1, 0.15) is 5.75 Å². The van der Waals surface area contributed by atoms with Gasteiger partial charge in [-0.2, -0.15) is 0 Å². The Bertz CT molecular complexity index is 664. The molecule has 1 heterocycles. The monoisotopic (exact) mass is 318 g/mol. The van der Waals surface area contributed by atoms with E-state index in [4.69, 9.17) is 9.47 Å². The highest BCUT2D eigenvalue weighted by Crippen LogP contribution is 2.26. The van der Waals surface area contributed by atoms with Crippen LogP contribution in [0.5, 0.6) is 5.75 Å². The molecule has 1 aliphatic heterocycles. The summed E-state index contributed by atoms with van der Waals surface area (Å²) in [6, 6.07) is 6.75. The number of esters is 1. The number of carbonyl (C=O) groups excluding carboxylic acids is 3. The maximum Gasteiger partial charge on any atom is 0.336 e. The number of hydrogen-bond donors (Lipinski definition) is 2. The van der Waals surface area contributed by atoms with Gasteiger partial charge in [-0.25, -0.2) is 4.79 Å². The van der Waals surface area contributed by atoms with Gasteiger partial charge in [0.15, 0.2) is 0 Å². The average molecular weight is 318 g/mol. The molecule has 122 valence electrons. The molecule has 1 atom stereocenters. The fraction of sp³-hybridized carbons (Fsp3) is 0.312. The van der Waals surface area contributed by atoms with E-state index in [1.165, 1.54) is 7.11 Å². The van der Waals surface area contributed by atoms with E-state index in [0.29, 0.717) is 17.1 Å². The topological polar surface area (TPSA) is 93.7 Å². The summed E-state index contributed by atoms with van der Waals surface area (Å²) in [5.41, 5.74) is 1.05. The minimum absolute atomic E-state index is 0.107. The largest absolute Gasteiger partial charge is 0.497 e. The Kier molecular flexibility index (Phi) is 5.00. The molecule has 0 bridgehead atoms. The molecule has 0 spiro atoms. The van der Waals surface area contributed by atoms with Crippen molar-refractivity contribution >= 4 is 23.5 Å². The van der Waals surface area contributed by atoms with Gasteiger partial charge in [0.05, 0.1) is 25.7 Å². The van der Waals surface area contributed by atoms with Gasteiger partial charge in [-0.3, -0.25) is 9.59 Å². The van der Waals surface area contributed by atoms with Gasteiger partial charge >= 0.3 is 5.97 Å². The second-order valence-corrected chi connectivity index (χ2v) is 5.05. The van der Waals surface area contributed by atoms with Crippen LogP contribution in [0.3, 0.4) is 0 Å². The summed E-state index contributed by atoms with van der Waals surface area (Å²) in [5, 5.41) is 5.25. The number of ether oxygens (including phenoxy) is 2. The van der Waals surface area contributed by atoms with E-state index in [1.807, 2.05) is 0 Å². The van der Waals surface area contributed by atoms with Crippen molar-refractivity contribution in [1.82, 2.24) is 5.32 Å². The third-order valence-corrected chi connectivity index (χ3v) is 3.55. The van der Waals surface area contributed by atoms with Crippen LogP contribution in [-0.4, -0.2) is 32.0 Å². The Morgan fingerprint density at radius 1 is 1.22 bits per heavy atom. The molecule has 0 fully saturated rings. The van der Waals surface area contributed by atoms with E-state index in [1.54, 1.807) is 38.3 Å². The second-order valence-electron chi connectivity index (χ2n) is 5.05. The van der Waals surface area contributed by atoms with E-state index >= 15 is 0 Å². The van der Waals surface area contributed by atoms with Crippen LogP contribution in [0.1, 0.15) is 13.3 Å². The lowest BCUT2D eigenvalue weighted by molar-refractivity contribution is -0.139. The fourth-order valence-corrected chi connectivity index (χ4v) is 2.41. The van der Waals surface area contributed by atoms with Crippen LogP contribution in [0.4, 0.5) is 5.69 Å². The van der Waals surface area contributed by atoms with Crippen molar-refractivity contribution in [3.63, 3.8) is 0 Å². The number of allylic oxidation sites excluding steroid dienone is 1. The first-order valence-electron chi connectivity index (χ1n) is 7.00. The molecule has 0 aliphatic carbocycles. The number of methoxy groups -OCH3 is 2. The number of amides is 2. The standard InChI is InChI=1S/C16H18N2O5/c1-9-14(16(21)23-3)12(8-13(19)17-9)15(20)18-10-4-6-11(22-2)7-5-10/h4-7,12H,8H2,1-3H3,(H,17,19)(H,18,20)/t12-/m0/s1. The highest BCUT2D eigenvalue weighted by Gasteiger charge is 2.36. The first-order chi connectivity index (χ1) is 11.0. The zero-order chi connectivity index (χ0) is 17.0. The van der Waals surface area contributed by atoms with Gasteiger partial charge < -0.3 is 20.1 Å². The van der Waals surface area contributed by atoms with Gasteiger partial charge in [0.25, 0.3) is 0 Å². The summed E-state index contributed by atoms with van der Waals surface area (Å²) in [6.07, 6.45) is -0.107. The number of nitrogens with one attached hydrogen (secondary N) is 2. The number of hydrogen-bond acceptors (Lipinski definition) is 5. The highest BCUT2D eigenvalue weighted by molar-refractivity contribution is 6.06. The number of carbonyl (C=O) groups is 3. The molecule has 0 unspecified atom stereocenters. The normalized spacial score (nSPS) is 17.3. The predicted octanol–water partition coefficient (Wildman–Crippen LogP) is 1.22. The molecule has 23 heavy (non-hydrogen) atoms. The summed E-state index contributed by atoms with van der Waals surface area (Å²) in [5.74, 6) is -1.61. The summed E-state index contributed by atoms with van der Waals surface area (Å²) in [4.78, 5) is 36.1. The van der Waals surface area contributed by atoms with E-state index in [2.05, 4.69) is 10.6 Å². The lowest BCUT2D eigenvalue weighted by atomic mass is 9.89. The number of anilines is 1. The molecule has 2 amide bonds. The van der Waals surface area contributed by atoms with Crippen molar-refractivity contribution in [2.45, 2.75) is 13.3 Å². The van der Waals surface area contributed by atoms with E-state index in [0.717, 1.165) is 0 Å². The van der Waals surface area contributed by atoms with Crippen LogP contribution < -0.4 is 15.4 Å². The SMILES string of the molecule is COC(=O)C1=C(C)NC(=O)C[C@@H]1C(=O)Nc1ccc(OC)cc1. The lowest BCUT2D eigenvalue weighted by Gasteiger charge is -2.25. The van der Waals surface area contributed by atoms with Crippen LogP contribution in [0.2, 0.25) is 0 Å². The van der Waals surface area contributed by atoms with Crippen LogP contribution in [0, 0.1) is 5.92 Å². The maximum atomic E-state index is 12.5. The molecule has 7 nitrogen and oxygen atoms in total. The molecular formula is C16H18N2O5. The summed E-state index contributed by atoms with van der Waals surface area (Å²) >= 11 is 0. The highest BCUT2D eigenvalue weighted by atomic mass is 16.5. The summed E-state index contributed by atoms with van der Waals surface area (Å²) < 4.78 is 9.76. The van der Waals surface area contributed by atoms with Crippen molar-refractivity contribution in [3.8, 4) is 5.75 Å². The maximum absolute atomic E-state index is 12.5. The molecule has 1 aliphatic rings. The van der Waals surface area contributed by atoms with Gasteiger partial charge in [-0.15, -0.1) is 0 Å². The summed E-state index contributed by atoms with van der Waals surface area (Å²) in [7, 11) is 2.78. The van der Waals surface area contributed by atoms with E-state index in [9.17, 15) is 14.4 Å². The first-order valence-corrected chi connectivity index (χ1v) is 7.00. The zero-order valence-corrected chi connectivity index (χ0v) is 13.1.